The third kappa shape index (κ3) is 3.08. The summed E-state index contributed by atoms with van der Waals surface area (Å²) in [6, 6.07) is 5.84. The van der Waals surface area contributed by atoms with E-state index in [1.807, 2.05) is 25.1 Å². The molecule has 6 heteroatoms. The summed E-state index contributed by atoms with van der Waals surface area (Å²) >= 11 is 4.40. The summed E-state index contributed by atoms with van der Waals surface area (Å²) in [5, 5.41) is -0.259. The van der Waals surface area contributed by atoms with Crippen molar-refractivity contribution in [1.82, 2.24) is 4.90 Å². The van der Waals surface area contributed by atoms with Crippen molar-refractivity contribution in [3.8, 4) is 0 Å². The van der Waals surface area contributed by atoms with Crippen LogP contribution in [-0.2, 0) is 4.79 Å². The van der Waals surface area contributed by atoms with Crippen LogP contribution in [0.1, 0.15) is 11.1 Å². The van der Waals surface area contributed by atoms with Crippen LogP contribution in [0.15, 0.2) is 27.6 Å². The van der Waals surface area contributed by atoms with Gasteiger partial charge in [-0.1, -0.05) is 28.1 Å². The number of imide groups is 1. The van der Waals surface area contributed by atoms with Gasteiger partial charge in [0.15, 0.2) is 0 Å². The lowest BCUT2D eigenvalue weighted by atomic mass is 10.1. The largest absolute Gasteiger partial charge is 0.329 e. The number of halogens is 1. The van der Waals surface area contributed by atoms with Crippen molar-refractivity contribution in [3.05, 3.63) is 38.7 Å². The fourth-order valence-corrected chi connectivity index (χ4v) is 3.18. The van der Waals surface area contributed by atoms with Crippen molar-refractivity contribution in [2.75, 3.05) is 13.1 Å². The Morgan fingerprint density at radius 2 is 2.16 bits per heavy atom. The molecule has 0 atom stereocenters. The highest BCUT2D eigenvalue weighted by molar-refractivity contribution is 9.10. The van der Waals surface area contributed by atoms with E-state index in [2.05, 4.69) is 15.9 Å². The van der Waals surface area contributed by atoms with Gasteiger partial charge in [-0.3, -0.25) is 14.5 Å². The Kier molecular flexibility index (Phi) is 4.44. The first-order valence-electron chi connectivity index (χ1n) is 5.74. The lowest BCUT2D eigenvalue weighted by molar-refractivity contribution is -0.122. The molecule has 1 fully saturated rings. The quantitative estimate of drug-likeness (QED) is 0.859. The minimum absolute atomic E-state index is 0.259. The van der Waals surface area contributed by atoms with Crippen LogP contribution < -0.4 is 5.73 Å². The van der Waals surface area contributed by atoms with E-state index in [0.29, 0.717) is 4.91 Å². The van der Waals surface area contributed by atoms with Gasteiger partial charge in [0.05, 0.1) is 4.91 Å². The molecule has 1 aromatic rings. The van der Waals surface area contributed by atoms with E-state index >= 15 is 0 Å². The van der Waals surface area contributed by atoms with Crippen molar-refractivity contribution < 1.29 is 9.59 Å². The molecule has 1 aromatic carbocycles. The van der Waals surface area contributed by atoms with Crippen LogP contribution in [0.2, 0.25) is 0 Å². The van der Waals surface area contributed by atoms with Crippen molar-refractivity contribution in [2.45, 2.75) is 6.92 Å². The summed E-state index contributed by atoms with van der Waals surface area (Å²) < 4.78 is 0.901. The van der Waals surface area contributed by atoms with Gasteiger partial charge in [0.1, 0.15) is 0 Å². The standard InChI is InChI=1S/C13H13BrN2O2S/c1-8-2-3-9(10(14)6-8)7-11-12(17)16(5-4-15)13(18)19-11/h2-3,6-7H,4-5,15H2,1H3/b11-7+. The topological polar surface area (TPSA) is 63.4 Å². The van der Waals surface area contributed by atoms with Gasteiger partial charge in [-0.15, -0.1) is 0 Å². The number of aryl methyl sites for hydroxylation is 1. The Bertz CT molecular complexity index is 572. The second-order valence-corrected chi connectivity index (χ2v) is 5.99. The molecule has 2 rings (SSSR count). The van der Waals surface area contributed by atoms with E-state index in [4.69, 9.17) is 5.73 Å². The number of nitrogens with two attached hydrogens (primary N) is 1. The normalized spacial score (nSPS) is 17.6. The van der Waals surface area contributed by atoms with E-state index < -0.39 is 0 Å². The third-order valence-electron chi connectivity index (χ3n) is 2.67. The zero-order valence-corrected chi connectivity index (χ0v) is 12.8. The summed E-state index contributed by atoms with van der Waals surface area (Å²) in [7, 11) is 0. The number of rotatable bonds is 3. The summed E-state index contributed by atoms with van der Waals surface area (Å²) in [5.41, 5.74) is 7.39. The highest BCUT2D eigenvalue weighted by Crippen LogP contribution is 2.33. The van der Waals surface area contributed by atoms with Crippen molar-refractivity contribution in [3.63, 3.8) is 0 Å². The molecule has 1 aliphatic heterocycles. The number of benzene rings is 1. The fraction of sp³-hybridized carbons (Fsp3) is 0.231. The van der Waals surface area contributed by atoms with Gasteiger partial charge in [-0.05, 0) is 42.0 Å². The van der Waals surface area contributed by atoms with Crippen LogP contribution in [0.5, 0.6) is 0 Å². The Labute approximate surface area is 124 Å². The molecular formula is C13H13BrN2O2S. The molecule has 0 aliphatic carbocycles. The number of hydrogen-bond acceptors (Lipinski definition) is 4. The lowest BCUT2D eigenvalue weighted by Gasteiger charge is -2.09. The maximum Gasteiger partial charge on any atom is 0.293 e. The fourth-order valence-electron chi connectivity index (χ4n) is 1.71. The molecule has 4 nitrogen and oxygen atoms in total. The van der Waals surface area contributed by atoms with Gasteiger partial charge in [0, 0.05) is 17.6 Å². The van der Waals surface area contributed by atoms with Crippen LogP contribution in [-0.4, -0.2) is 29.1 Å². The molecular weight excluding hydrogens is 328 g/mol. The lowest BCUT2D eigenvalue weighted by Crippen LogP contribution is -2.33. The molecule has 1 saturated heterocycles. The minimum atomic E-state index is -0.270. The molecule has 0 radical (unpaired) electrons. The predicted octanol–water partition coefficient (Wildman–Crippen LogP) is 2.75. The maximum absolute atomic E-state index is 12.0. The molecule has 0 unspecified atom stereocenters. The average molecular weight is 341 g/mol. The van der Waals surface area contributed by atoms with Gasteiger partial charge >= 0.3 is 0 Å². The SMILES string of the molecule is Cc1ccc(/C=C2/SC(=O)N(CCN)C2=O)c(Br)c1. The van der Waals surface area contributed by atoms with Crippen molar-refractivity contribution in [1.29, 1.82) is 0 Å². The van der Waals surface area contributed by atoms with Crippen LogP contribution in [0.4, 0.5) is 4.79 Å². The third-order valence-corrected chi connectivity index (χ3v) is 4.26. The molecule has 0 bridgehead atoms. The number of hydrogen-bond donors (Lipinski definition) is 1. The molecule has 1 heterocycles. The molecule has 1 aliphatic rings. The average Bonchev–Trinajstić information content (AvgIpc) is 2.61. The zero-order chi connectivity index (χ0) is 14.0. The first-order valence-corrected chi connectivity index (χ1v) is 7.35. The van der Waals surface area contributed by atoms with Gasteiger partial charge < -0.3 is 5.73 Å². The second-order valence-electron chi connectivity index (χ2n) is 4.15. The molecule has 0 spiro atoms. The number of nitrogens with zero attached hydrogens (tertiary/aromatic N) is 1. The van der Waals surface area contributed by atoms with Crippen LogP contribution >= 0.6 is 27.7 Å². The van der Waals surface area contributed by atoms with E-state index in [0.717, 1.165) is 27.4 Å². The highest BCUT2D eigenvalue weighted by atomic mass is 79.9. The van der Waals surface area contributed by atoms with E-state index in [1.54, 1.807) is 6.08 Å². The number of carbonyl (C=O) groups excluding carboxylic acids is 2. The first-order chi connectivity index (χ1) is 9.02. The van der Waals surface area contributed by atoms with Gasteiger partial charge in [-0.2, -0.15) is 0 Å². The molecule has 100 valence electrons. The number of carbonyl (C=O) groups is 2. The van der Waals surface area contributed by atoms with E-state index in [9.17, 15) is 9.59 Å². The van der Waals surface area contributed by atoms with Gasteiger partial charge in [-0.25, -0.2) is 0 Å². The molecule has 2 amide bonds. The van der Waals surface area contributed by atoms with Crippen LogP contribution in [0, 0.1) is 6.92 Å². The Morgan fingerprint density at radius 1 is 1.42 bits per heavy atom. The smallest absolute Gasteiger partial charge is 0.293 e. The Balaban J connectivity index is 2.30. The number of thioether (sulfide) groups is 1. The second kappa shape index (κ2) is 5.90. The summed E-state index contributed by atoms with van der Waals surface area (Å²) in [6.07, 6.45) is 1.73. The Hall–Kier alpha value is -1.11. The molecule has 2 N–H and O–H groups in total. The molecule has 19 heavy (non-hydrogen) atoms. The predicted molar refractivity (Wildman–Crippen MR) is 80.6 cm³/mol. The monoisotopic (exact) mass is 340 g/mol. The summed E-state index contributed by atoms with van der Waals surface area (Å²) in [6.45, 7) is 2.53. The van der Waals surface area contributed by atoms with Crippen LogP contribution in [0.25, 0.3) is 6.08 Å². The van der Waals surface area contributed by atoms with E-state index in [1.165, 1.54) is 4.90 Å². The first kappa shape index (κ1) is 14.3. The highest BCUT2D eigenvalue weighted by Gasteiger charge is 2.34. The van der Waals surface area contributed by atoms with Crippen molar-refractivity contribution in [2.24, 2.45) is 5.73 Å². The maximum atomic E-state index is 12.0. The number of amides is 2. The summed E-state index contributed by atoms with van der Waals surface area (Å²) in [4.78, 5) is 25.3. The Morgan fingerprint density at radius 3 is 2.79 bits per heavy atom. The minimum Gasteiger partial charge on any atom is -0.329 e. The molecule has 0 aromatic heterocycles. The van der Waals surface area contributed by atoms with Crippen molar-refractivity contribution >= 4 is 44.9 Å². The molecule has 0 saturated carbocycles. The van der Waals surface area contributed by atoms with Gasteiger partial charge in [0.2, 0.25) is 0 Å². The van der Waals surface area contributed by atoms with Crippen LogP contribution in [0.3, 0.4) is 0 Å². The van der Waals surface area contributed by atoms with Gasteiger partial charge in [0.25, 0.3) is 11.1 Å². The zero-order valence-electron chi connectivity index (χ0n) is 10.4. The van der Waals surface area contributed by atoms with E-state index in [-0.39, 0.29) is 24.2 Å². The summed E-state index contributed by atoms with van der Waals surface area (Å²) in [5.74, 6) is -0.270.